The van der Waals surface area contributed by atoms with Crippen molar-refractivity contribution in [1.29, 1.82) is 0 Å². The van der Waals surface area contributed by atoms with E-state index in [4.69, 9.17) is 21.1 Å². The van der Waals surface area contributed by atoms with Crippen LogP contribution >= 0.6 is 34.2 Å². The molecule has 0 heterocycles. The summed E-state index contributed by atoms with van der Waals surface area (Å²) in [4.78, 5) is 11.6. The fourth-order valence-corrected chi connectivity index (χ4v) is 2.28. The molecule has 1 unspecified atom stereocenters. The van der Waals surface area contributed by atoms with Crippen molar-refractivity contribution in [3.05, 3.63) is 26.8 Å². The molecule has 0 saturated heterocycles. The highest BCUT2D eigenvalue weighted by Crippen LogP contribution is 2.26. The van der Waals surface area contributed by atoms with Crippen LogP contribution in [0.25, 0.3) is 0 Å². The number of ether oxygens (including phenoxy) is 2. The molecule has 0 saturated carbocycles. The van der Waals surface area contributed by atoms with Gasteiger partial charge >= 0.3 is 5.97 Å². The molecule has 0 radical (unpaired) electrons. The first-order valence-electron chi connectivity index (χ1n) is 5.15. The van der Waals surface area contributed by atoms with Crippen molar-refractivity contribution >= 4 is 40.2 Å². The van der Waals surface area contributed by atoms with E-state index < -0.39 is 6.10 Å². The molecule has 1 aromatic carbocycles. The van der Waals surface area contributed by atoms with Crippen LogP contribution in [0.2, 0.25) is 5.02 Å². The van der Waals surface area contributed by atoms with Crippen molar-refractivity contribution in [1.82, 2.24) is 0 Å². The summed E-state index contributed by atoms with van der Waals surface area (Å²) < 4.78 is 11.3. The third kappa shape index (κ3) is 4.03. The second-order valence-electron chi connectivity index (χ2n) is 3.88. The van der Waals surface area contributed by atoms with Gasteiger partial charge in [-0.25, -0.2) is 4.79 Å². The number of carbonyl (C=O) groups excluding carboxylic acids is 1. The van der Waals surface area contributed by atoms with Gasteiger partial charge in [-0.3, -0.25) is 0 Å². The Hall–Kier alpha value is -0.490. The van der Waals surface area contributed by atoms with Gasteiger partial charge in [0.1, 0.15) is 5.75 Å². The second kappa shape index (κ2) is 6.44. The van der Waals surface area contributed by atoms with E-state index in [1.165, 1.54) is 7.11 Å². The van der Waals surface area contributed by atoms with E-state index in [1.807, 2.05) is 13.8 Å². The molecule has 1 atom stereocenters. The monoisotopic (exact) mass is 368 g/mol. The largest absolute Gasteiger partial charge is 0.477 e. The Morgan fingerprint density at radius 1 is 1.41 bits per heavy atom. The first-order chi connectivity index (χ1) is 7.95. The van der Waals surface area contributed by atoms with E-state index in [1.54, 1.807) is 18.2 Å². The van der Waals surface area contributed by atoms with E-state index in [9.17, 15) is 4.79 Å². The Labute approximate surface area is 120 Å². The molecule has 0 aliphatic carbocycles. The zero-order chi connectivity index (χ0) is 13.0. The first kappa shape index (κ1) is 14.6. The quantitative estimate of drug-likeness (QED) is 0.602. The number of benzene rings is 1. The number of hydrogen-bond acceptors (Lipinski definition) is 3. The van der Waals surface area contributed by atoms with Gasteiger partial charge in [0.15, 0.2) is 6.10 Å². The third-order valence-electron chi connectivity index (χ3n) is 2.19. The summed E-state index contributed by atoms with van der Waals surface area (Å²) in [6.45, 7) is 3.81. The van der Waals surface area contributed by atoms with Crippen molar-refractivity contribution in [3.63, 3.8) is 0 Å². The number of hydrogen-bond donors (Lipinski definition) is 0. The van der Waals surface area contributed by atoms with Crippen molar-refractivity contribution in [2.24, 2.45) is 5.92 Å². The second-order valence-corrected chi connectivity index (χ2v) is 5.48. The fourth-order valence-electron chi connectivity index (χ4n) is 1.28. The number of carbonyl (C=O) groups is 1. The van der Waals surface area contributed by atoms with Crippen LogP contribution in [0.4, 0.5) is 0 Å². The van der Waals surface area contributed by atoms with Crippen LogP contribution in [0.15, 0.2) is 18.2 Å². The van der Waals surface area contributed by atoms with Crippen LogP contribution in [0.3, 0.4) is 0 Å². The number of methoxy groups -OCH3 is 1. The van der Waals surface area contributed by atoms with Crippen molar-refractivity contribution < 1.29 is 14.3 Å². The Balaban J connectivity index is 2.90. The van der Waals surface area contributed by atoms with Gasteiger partial charge in [-0.05, 0) is 40.8 Å². The lowest BCUT2D eigenvalue weighted by Gasteiger charge is -2.20. The molecule has 1 aromatic rings. The molecule has 17 heavy (non-hydrogen) atoms. The molecule has 0 aliphatic rings. The van der Waals surface area contributed by atoms with E-state index in [-0.39, 0.29) is 11.9 Å². The molecule has 3 nitrogen and oxygen atoms in total. The summed E-state index contributed by atoms with van der Waals surface area (Å²) in [7, 11) is 1.36. The van der Waals surface area contributed by atoms with Crippen molar-refractivity contribution in [2.75, 3.05) is 7.11 Å². The molecule has 0 amide bonds. The topological polar surface area (TPSA) is 35.5 Å². The van der Waals surface area contributed by atoms with Crippen LogP contribution < -0.4 is 4.74 Å². The molecule has 0 aliphatic heterocycles. The van der Waals surface area contributed by atoms with Gasteiger partial charge < -0.3 is 9.47 Å². The third-order valence-corrected chi connectivity index (χ3v) is 3.26. The van der Waals surface area contributed by atoms with Crippen LogP contribution in [-0.2, 0) is 9.53 Å². The van der Waals surface area contributed by atoms with Crippen LogP contribution in [0, 0.1) is 9.49 Å². The van der Waals surface area contributed by atoms with Crippen molar-refractivity contribution in [3.8, 4) is 5.75 Å². The fraction of sp³-hybridized carbons (Fsp3) is 0.417. The van der Waals surface area contributed by atoms with Gasteiger partial charge in [0.2, 0.25) is 0 Å². The summed E-state index contributed by atoms with van der Waals surface area (Å²) in [5.41, 5.74) is 0. The number of halogens is 2. The van der Waals surface area contributed by atoms with Gasteiger partial charge in [-0.1, -0.05) is 25.4 Å². The Kier molecular flexibility index (Phi) is 5.52. The molecule has 94 valence electrons. The maximum atomic E-state index is 11.6. The molecular weight excluding hydrogens is 354 g/mol. The predicted octanol–water partition coefficient (Wildman–Crippen LogP) is 3.52. The summed E-state index contributed by atoms with van der Waals surface area (Å²) in [5, 5.41) is 0.640. The average Bonchev–Trinajstić information content (AvgIpc) is 2.26. The summed E-state index contributed by atoms with van der Waals surface area (Å²) in [6, 6.07) is 5.27. The lowest BCUT2D eigenvalue weighted by atomic mass is 10.1. The Morgan fingerprint density at radius 3 is 2.53 bits per heavy atom. The van der Waals surface area contributed by atoms with Crippen LogP contribution in [0.5, 0.6) is 5.75 Å². The van der Waals surface area contributed by atoms with Gasteiger partial charge in [0, 0.05) is 10.9 Å². The molecular formula is C12H14ClIO3. The Morgan fingerprint density at radius 2 is 2.06 bits per heavy atom. The smallest absolute Gasteiger partial charge is 0.347 e. The molecule has 5 heteroatoms. The number of esters is 1. The van der Waals surface area contributed by atoms with Gasteiger partial charge in [0.25, 0.3) is 0 Å². The standard InChI is InChI=1S/C12H14ClIO3/c1-7(2)11(12(15)16-3)17-10-5-4-8(13)6-9(10)14/h4-7,11H,1-3H3. The van der Waals surface area contributed by atoms with E-state index in [0.717, 1.165) is 3.57 Å². The summed E-state index contributed by atoms with van der Waals surface area (Å²) >= 11 is 7.97. The lowest BCUT2D eigenvalue weighted by molar-refractivity contribution is -0.150. The molecule has 0 N–H and O–H groups in total. The predicted molar refractivity (Wildman–Crippen MR) is 75.4 cm³/mol. The molecule has 0 fully saturated rings. The van der Waals surface area contributed by atoms with Crippen molar-refractivity contribution in [2.45, 2.75) is 20.0 Å². The summed E-state index contributed by atoms with van der Waals surface area (Å²) in [5.74, 6) is 0.304. The SMILES string of the molecule is COC(=O)C(Oc1ccc(Cl)cc1I)C(C)C. The minimum atomic E-state index is -0.602. The summed E-state index contributed by atoms with van der Waals surface area (Å²) in [6.07, 6.45) is -0.602. The highest BCUT2D eigenvalue weighted by Gasteiger charge is 2.25. The maximum Gasteiger partial charge on any atom is 0.347 e. The van der Waals surface area contributed by atoms with E-state index in [2.05, 4.69) is 22.6 Å². The van der Waals surface area contributed by atoms with Crippen LogP contribution in [0.1, 0.15) is 13.8 Å². The average molecular weight is 369 g/mol. The number of rotatable bonds is 4. The molecule has 1 rings (SSSR count). The normalized spacial score (nSPS) is 12.4. The molecule has 0 bridgehead atoms. The van der Waals surface area contributed by atoms with E-state index in [0.29, 0.717) is 10.8 Å². The van der Waals surface area contributed by atoms with Gasteiger partial charge in [-0.15, -0.1) is 0 Å². The zero-order valence-corrected chi connectivity index (χ0v) is 12.8. The van der Waals surface area contributed by atoms with Crippen LogP contribution in [-0.4, -0.2) is 19.2 Å². The maximum absolute atomic E-state index is 11.6. The minimum absolute atomic E-state index is 0.0360. The highest BCUT2D eigenvalue weighted by molar-refractivity contribution is 14.1. The zero-order valence-electron chi connectivity index (χ0n) is 9.87. The van der Waals surface area contributed by atoms with Gasteiger partial charge in [-0.2, -0.15) is 0 Å². The van der Waals surface area contributed by atoms with E-state index >= 15 is 0 Å². The highest BCUT2D eigenvalue weighted by atomic mass is 127. The Bertz CT molecular complexity index is 407. The first-order valence-corrected chi connectivity index (χ1v) is 6.61. The molecule has 0 spiro atoms. The minimum Gasteiger partial charge on any atom is -0.477 e. The van der Waals surface area contributed by atoms with Gasteiger partial charge in [0.05, 0.1) is 10.7 Å². The molecule has 0 aromatic heterocycles. The lowest BCUT2D eigenvalue weighted by Crippen LogP contribution is -2.33.